The van der Waals surface area contributed by atoms with Gasteiger partial charge in [0.2, 0.25) is 0 Å². The molecule has 76 valence electrons. The molecule has 0 radical (unpaired) electrons. The van der Waals surface area contributed by atoms with Crippen molar-refractivity contribution in [2.45, 2.75) is 24.4 Å². The molecule has 1 N–H and O–H groups in total. The van der Waals surface area contributed by atoms with E-state index in [1.54, 1.807) is 30.2 Å². The second kappa shape index (κ2) is 6.37. The smallest absolute Gasteiger partial charge is 0.303 e. The SMILES string of the molecule is O=C(O)CCCCSc1ncccn1. The van der Waals surface area contributed by atoms with Crippen LogP contribution in [-0.2, 0) is 4.79 Å². The van der Waals surface area contributed by atoms with Crippen molar-refractivity contribution in [3.8, 4) is 0 Å². The van der Waals surface area contributed by atoms with Crippen LogP contribution in [0.2, 0.25) is 0 Å². The van der Waals surface area contributed by atoms with E-state index in [1.165, 1.54) is 0 Å². The summed E-state index contributed by atoms with van der Waals surface area (Å²) in [6, 6.07) is 1.77. The van der Waals surface area contributed by atoms with E-state index < -0.39 is 5.97 Å². The molecule has 0 aromatic carbocycles. The average Bonchev–Trinajstić information content (AvgIpc) is 2.18. The number of carbonyl (C=O) groups is 1. The summed E-state index contributed by atoms with van der Waals surface area (Å²) in [5, 5.41) is 9.15. The second-order valence-electron chi connectivity index (χ2n) is 2.73. The zero-order valence-corrected chi connectivity index (χ0v) is 8.54. The molecule has 0 aliphatic heterocycles. The van der Waals surface area contributed by atoms with E-state index in [1.807, 2.05) is 0 Å². The summed E-state index contributed by atoms with van der Waals surface area (Å²) >= 11 is 1.56. The van der Waals surface area contributed by atoms with Gasteiger partial charge in [0.05, 0.1) is 0 Å². The fourth-order valence-corrected chi connectivity index (χ4v) is 1.70. The molecule has 1 heterocycles. The number of nitrogens with zero attached hydrogens (tertiary/aromatic N) is 2. The van der Waals surface area contributed by atoms with Gasteiger partial charge >= 0.3 is 5.97 Å². The summed E-state index contributed by atoms with van der Waals surface area (Å²) in [5.74, 6) is 0.142. The molecule has 0 unspecified atom stereocenters. The summed E-state index contributed by atoms with van der Waals surface area (Å²) in [6.45, 7) is 0. The largest absolute Gasteiger partial charge is 0.481 e. The lowest BCUT2D eigenvalue weighted by Gasteiger charge is -1.97. The molecule has 0 spiro atoms. The minimum atomic E-state index is -0.731. The van der Waals surface area contributed by atoms with Crippen molar-refractivity contribution in [3.63, 3.8) is 0 Å². The monoisotopic (exact) mass is 212 g/mol. The first-order valence-corrected chi connectivity index (χ1v) is 5.39. The molecule has 1 aromatic rings. The van der Waals surface area contributed by atoms with E-state index in [0.29, 0.717) is 0 Å². The Hall–Kier alpha value is -1.10. The van der Waals surface area contributed by atoms with Gasteiger partial charge in [0.25, 0.3) is 0 Å². The molecule has 0 saturated carbocycles. The minimum Gasteiger partial charge on any atom is -0.481 e. The molecule has 0 bridgehead atoms. The third-order valence-corrected chi connectivity index (χ3v) is 2.52. The van der Waals surface area contributed by atoms with Gasteiger partial charge in [-0.3, -0.25) is 4.79 Å². The van der Waals surface area contributed by atoms with Gasteiger partial charge in [0.15, 0.2) is 5.16 Å². The van der Waals surface area contributed by atoms with E-state index in [2.05, 4.69) is 9.97 Å². The Balaban J connectivity index is 2.08. The zero-order chi connectivity index (χ0) is 10.2. The van der Waals surface area contributed by atoms with Crippen LogP contribution in [0.15, 0.2) is 23.6 Å². The predicted molar refractivity (Wildman–Crippen MR) is 54.2 cm³/mol. The highest BCUT2D eigenvalue weighted by molar-refractivity contribution is 7.99. The quantitative estimate of drug-likeness (QED) is 0.442. The normalized spacial score (nSPS) is 10.0. The average molecular weight is 212 g/mol. The summed E-state index contributed by atoms with van der Waals surface area (Å²) in [6.07, 6.45) is 5.25. The molecule has 0 saturated heterocycles. The van der Waals surface area contributed by atoms with E-state index in [4.69, 9.17) is 5.11 Å². The third-order valence-electron chi connectivity index (χ3n) is 1.56. The Labute approximate surface area is 86.8 Å². The van der Waals surface area contributed by atoms with Gasteiger partial charge in [-0.25, -0.2) is 9.97 Å². The fraction of sp³-hybridized carbons (Fsp3) is 0.444. The Kier molecular flexibility index (Phi) is 4.99. The van der Waals surface area contributed by atoms with Crippen molar-refractivity contribution >= 4 is 17.7 Å². The lowest BCUT2D eigenvalue weighted by atomic mass is 10.3. The number of hydrogen-bond acceptors (Lipinski definition) is 4. The Morgan fingerprint density at radius 3 is 2.71 bits per heavy atom. The number of thioether (sulfide) groups is 1. The maximum absolute atomic E-state index is 10.2. The van der Waals surface area contributed by atoms with Crippen LogP contribution in [-0.4, -0.2) is 26.8 Å². The van der Waals surface area contributed by atoms with Crippen LogP contribution >= 0.6 is 11.8 Å². The second-order valence-corrected chi connectivity index (χ2v) is 3.79. The maximum atomic E-state index is 10.2. The van der Waals surface area contributed by atoms with Gasteiger partial charge < -0.3 is 5.11 Å². The standard InChI is InChI=1S/C9H12N2O2S/c12-8(13)4-1-2-7-14-9-10-5-3-6-11-9/h3,5-6H,1-2,4,7H2,(H,12,13). The Morgan fingerprint density at radius 1 is 1.36 bits per heavy atom. The van der Waals surface area contributed by atoms with Crippen molar-refractivity contribution < 1.29 is 9.90 Å². The predicted octanol–water partition coefficient (Wildman–Crippen LogP) is 1.82. The molecule has 5 heteroatoms. The van der Waals surface area contributed by atoms with E-state index >= 15 is 0 Å². The first-order valence-electron chi connectivity index (χ1n) is 4.40. The number of unbranched alkanes of at least 4 members (excludes halogenated alkanes) is 1. The van der Waals surface area contributed by atoms with Gasteiger partial charge in [-0.1, -0.05) is 11.8 Å². The summed E-state index contributed by atoms with van der Waals surface area (Å²) in [4.78, 5) is 18.3. The topological polar surface area (TPSA) is 63.1 Å². The van der Waals surface area contributed by atoms with Crippen LogP contribution in [0, 0.1) is 0 Å². The number of carboxylic acid groups (broad SMARTS) is 1. The molecular weight excluding hydrogens is 200 g/mol. The minimum absolute atomic E-state index is 0.246. The number of hydrogen-bond donors (Lipinski definition) is 1. The van der Waals surface area contributed by atoms with Crippen molar-refractivity contribution in [1.82, 2.24) is 9.97 Å². The highest BCUT2D eigenvalue weighted by Gasteiger charge is 1.98. The zero-order valence-electron chi connectivity index (χ0n) is 7.72. The lowest BCUT2D eigenvalue weighted by molar-refractivity contribution is -0.137. The van der Waals surface area contributed by atoms with Gasteiger partial charge in [-0.2, -0.15) is 0 Å². The van der Waals surface area contributed by atoms with Gasteiger partial charge in [-0.05, 0) is 18.9 Å². The van der Waals surface area contributed by atoms with Crippen LogP contribution < -0.4 is 0 Å². The van der Waals surface area contributed by atoms with Crippen LogP contribution in [0.5, 0.6) is 0 Å². The lowest BCUT2D eigenvalue weighted by Crippen LogP contribution is -1.94. The van der Waals surface area contributed by atoms with Crippen molar-refractivity contribution in [1.29, 1.82) is 0 Å². The van der Waals surface area contributed by atoms with Crippen LogP contribution in [0.25, 0.3) is 0 Å². The van der Waals surface area contributed by atoms with E-state index in [-0.39, 0.29) is 6.42 Å². The van der Waals surface area contributed by atoms with Crippen LogP contribution in [0.1, 0.15) is 19.3 Å². The number of rotatable bonds is 6. The number of aromatic nitrogens is 2. The molecule has 0 amide bonds. The van der Waals surface area contributed by atoms with Gasteiger partial charge in [-0.15, -0.1) is 0 Å². The van der Waals surface area contributed by atoms with E-state index in [9.17, 15) is 4.79 Å². The van der Waals surface area contributed by atoms with Crippen molar-refractivity contribution in [2.24, 2.45) is 0 Å². The summed E-state index contributed by atoms with van der Waals surface area (Å²) in [5.41, 5.74) is 0. The van der Waals surface area contributed by atoms with Crippen LogP contribution in [0.3, 0.4) is 0 Å². The maximum Gasteiger partial charge on any atom is 0.303 e. The van der Waals surface area contributed by atoms with Gasteiger partial charge in [0.1, 0.15) is 0 Å². The summed E-state index contributed by atoms with van der Waals surface area (Å²) < 4.78 is 0. The first kappa shape index (κ1) is 11.0. The van der Waals surface area contributed by atoms with E-state index in [0.717, 1.165) is 23.8 Å². The molecule has 0 atom stereocenters. The van der Waals surface area contributed by atoms with Crippen molar-refractivity contribution in [2.75, 3.05) is 5.75 Å². The fourth-order valence-electron chi connectivity index (χ4n) is 0.902. The van der Waals surface area contributed by atoms with Crippen LogP contribution in [0.4, 0.5) is 0 Å². The Morgan fingerprint density at radius 2 is 2.07 bits per heavy atom. The molecular formula is C9H12N2O2S. The molecule has 14 heavy (non-hydrogen) atoms. The van der Waals surface area contributed by atoms with Gasteiger partial charge in [0, 0.05) is 24.6 Å². The molecule has 4 nitrogen and oxygen atoms in total. The molecule has 0 aliphatic rings. The number of carboxylic acids is 1. The highest BCUT2D eigenvalue weighted by Crippen LogP contribution is 2.13. The molecule has 1 aromatic heterocycles. The Bertz CT molecular complexity index is 279. The van der Waals surface area contributed by atoms with Crippen molar-refractivity contribution in [3.05, 3.63) is 18.5 Å². The summed E-state index contributed by atoms with van der Waals surface area (Å²) in [7, 11) is 0. The molecule has 1 rings (SSSR count). The first-order chi connectivity index (χ1) is 6.79. The third kappa shape index (κ3) is 4.81. The molecule has 0 fully saturated rings. The number of aliphatic carboxylic acids is 1. The highest BCUT2D eigenvalue weighted by atomic mass is 32.2. The molecule has 0 aliphatic carbocycles.